The summed E-state index contributed by atoms with van der Waals surface area (Å²) in [4.78, 5) is 10.2. The van der Waals surface area contributed by atoms with E-state index < -0.39 is 0 Å². The van der Waals surface area contributed by atoms with Crippen LogP contribution in [0.25, 0.3) is 38.1 Å². The SMILES string of the molecule is CC.CC1(C)CC(C)(C)c2c1ncc1c2c2cccc3c4c5c(ncc4n1c23)C(C)(C)CC5(C)C. The van der Waals surface area contributed by atoms with Crippen molar-refractivity contribution in [3.05, 3.63) is 53.1 Å². The number of nitrogens with zero attached hydrogens (tertiary/aromatic N) is 3. The first-order chi connectivity index (χ1) is 16.4. The molecule has 4 heterocycles. The van der Waals surface area contributed by atoms with Crippen LogP contribution in [0.1, 0.15) is 105 Å². The third-order valence-corrected chi connectivity index (χ3v) is 8.80. The van der Waals surface area contributed by atoms with Crippen LogP contribution >= 0.6 is 0 Å². The van der Waals surface area contributed by atoms with Crippen LogP contribution in [0.2, 0.25) is 0 Å². The first-order valence-electron chi connectivity index (χ1n) is 13.4. The van der Waals surface area contributed by atoms with Crippen molar-refractivity contribution < 1.29 is 0 Å². The van der Waals surface area contributed by atoms with Gasteiger partial charge in [0.25, 0.3) is 0 Å². The Labute approximate surface area is 209 Å². The van der Waals surface area contributed by atoms with E-state index >= 15 is 0 Å². The number of pyridine rings is 2. The standard InChI is InChI=1S/C30H33N3.C2H6/c1-27(2)14-29(5,6)25-22(27)20-16-10-9-11-17-21-19(33(24(16)17)18(20)12-31-25)13-32-26-23(21)28(3,4)15-30(26,7)8;1-2/h9-13H,14-15H2,1-8H3;1-2H3. The van der Waals surface area contributed by atoms with Crippen LogP contribution < -0.4 is 0 Å². The monoisotopic (exact) mass is 465 g/mol. The maximum Gasteiger partial charge on any atom is 0.0728 e. The molecule has 0 atom stereocenters. The Kier molecular flexibility index (Phi) is 4.26. The first-order valence-corrected chi connectivity index (χ1v) is 13.4. The molecule has 7 rings (SSSR count). The van der Waals surface area contributed by atoms with E-state index in [0.717, 1.165) is 12.8 Å². The molecule has 0 bridgehead atoms. The smallest absolute Gasteiger partial charge is 0.0728 e. The topological polar surface area (TPSA) is 30.2 Å². The zero-order valence-electron chi connectivity index (χ0n) is 23.1. The number of rotatable bonds is 0. The molecule has 0 unspecified atom stereocenters. The molecule has 4 aromatic heterocycles. The van der Waals surface area contributed by atoms with Crippen LogP contribution in [0.5, 0.6) is 0 Å². The van der Waals surface area contributed by atoms with Gasteiger partial charge in [0, 0.05) is 32.4 Å². The Hall–Kier alpha value is -2.68. The first kappa shape index (κ1) is 22.8. The third kappa shape index (κ3) is 2.62. The zero-order valence-corrected chi connectivity index (χ0v) is 23.1. The molecule has 0 fully saturated rings. The summed E-state index contributed by atoms with van der Waals surface area (Å²) in [6.07, 6.45) is 6.53. The molecule has 2 aliphatic carbocycles. The molecule has 0 radical (unpaired) electrons. The molecule has 3 heteroatoms. The molecule has 0 saturated carbocycles. The molecule has 0 saturated heterocycles. The predicted octanol–water partition coefficient (Wildman–Crippen LogP) is 8.57. The number of hydrogen-bond acceptors (Lipinski definition) is 2. The summed E-state index contributed by atoms with van der Waals surface area (Å²) in [5.41, 5.74) is 9.66. The fourth-order valence-corrected chi connectivity index (χ4v) is 8.34. The average molecular weight is 466 g/mol. The zero-order chi connectivity index (χ0) is 25.3. The number of aromatic nitrogens is 3. The fraction of sp³-hybridized carbons (Fsp3) is 0.500. The van der Waals surface area contributed by atoms with Gasteiger partial charge >= 0.3 is 0 Å². The Morgan fingerprint density at radius 2 is 1.03 bits per heavy atom. The largest absolute Gasteiger partial charge is 0.305 e. The highest BCUT2D eigenvalue weighted by Gasteiger charge is 2.47. The normalized spacial score (nSPS) is 21.0. The Morgan fingerprint density at radius 3 is 1.43 bits per heavy atom. The third-order valence-electron chi connectivity index (χ3n) is 8.80. The highest BCUT2D eigenvalue weighted by atomic mass is 15.0. The van der Waals surface area contributed by atoms with Crippen molar-refractivity contribution in [1.82, 2.24) is 14.4 Å². The van der Waals surface area contributed by atoms with Gasteiger partial charge in [0.2, 0.25) is 0 Å². The number of para-hydroxylation sites is 1. The van der Waals surface area contributed by atoms with Crippen molar-refractivity contribution in [2.75, 3.05) is 0 Å². The average Bonchev–Trinajstić information content (AvgIpc) is 3.40. The molecule has 35 heavy (non-hydrogen) atoms. The molecule has 0 aliphatic heterocycles. The lowest BCUT2D eigenvalue weighted by Crippen LogP contribution is -2.18. The van der Waals surface area contributed by atoms with E-state index in [-0.39, 0.29) is 21.7 Å². The summed E-state index contributed by atoms with van der Waals surface area (Å²) >= 11 is 0. The summed E-state index contributed by atoms with van der Waals surface area (Å²) in [5.74, 6) is 0. The number of fused-ring (bicyclic) bond motifs is 10. The van der Waals surface area contributed by atoms with Crippen LogP contribution in [0.3, 0.4) is 0 Å². The van der Waals surface area contributed by atoms with Gasteiger partial charge in [0.05, 0.1) is 40.3 Å². The molecule has 2 aliphatic rings. The summed E-state index contributed by atoms with van der Waals surface area (Å²) in [5, 5.41) is 5.54. The second-order valence-electron chi connectivity index (χ2n) is 13.4. The Morgan fingerprint density at radius 1 is 0.629 bits per heavy atom. The van der Waals surface area contributed by atoms with Gasteiger partial charge in [-0.3, -0.25) is 9.97 Å². The second kappa shape index (κ2) is 6.55. The summed E-state index contributed by atoms with van der Waals surface area (Å²) < 4.78 is 2.47. The lowest BCUT2D eigenvalue weighted by Gasteiger charge is -2.22. The minimum Gasteiger partial charge on any atom is -0.305 e. The minimum atomic E-state index is 0.0963. The van der Waals surface area contributed by atoms with Gasteiger partial charge in [0.15, 0.2) is 0 Å². The maximum atomic E-state index is 5.12. The summed E-state index contributed by atoms with van der Waals surface area (Å²) in [6, 6.07) is 6.91. The van der Waals surface area contributed by atoms with E-state index in [9.17, 15) is 0 Å². The van der Waals surface area contributed by atoms with Gasteiger partial charge in [0.1, 0.15) is 0 Å². The minimum absolute atomic E-state index is 0.0963. The molecule has 3 nitrogen and oxygen atoms in total. The predicted molar refractivity (Wildman–Crippen MR) is 149 cm³/mol. The molecule has 1 aromatic carbocycles. The van der Waals surface area contributed by atoms with Gasteiger partial charge in [-0.1, -0.05) is 87.4 Å². The second-order valence-corrected chi connectivity index (χ2v) is 13.4. The Balaban J connectivity index is 0.00000112. The van der Waals surface area contributed by atoms with Crippen LogP contribution in [-0.4, -0.2) is 14.4 Å². The maximum absolute atomic E-state index is 5.12. The fourth-order valence-electron chi connectivity index (χ4n) is 8.34. The van der Waals surface area contributed by atoms with Crippen molar-refractivity contribution in [3.63, 3.8) is 0 Å². The summed E-state index contributed by atoms with van der Waals surface area (Å²) in [7, 11) is 0. The van der Waals surface area contributed by atoms with Crippen LogP contribution in [0.15, 0.2) is 30.6 Å². The van der Waals surface area contributed by atoms with E-state index in [4.69, 9.17) is 9.97 Å². The molecule has 5 aromatic rings. The van der Waals surface area contributed by atoms with Gasteiger partial charge in [-0.05, 0) is 34.8 Å². The Bertz CT molecular complexity index is 1540. The van der Waals surface area contributed by atoms with E-state index in [1.807, 2.05) is 13.8 Å². The van der Waals surface area contributed by atoms with E-state index in [1.165, 1.54) is 60.6 Å². The molecular weight excluding hydrogens is 426 g/mol. The van der Waals surface area contributed by atoms with Crippen molar-refractivity contribution >= 4 is 38.1 Å². The lowest BCUT2D eigenvalue weighted by molar-refractivity contribution is 0.400. The van der Waals surface area contributed by atoms with Crippen molar-refractivity contribution in [2.45, 2.75) is 104 Å². The van der Waals surface area contributed by atoms with Gasteiger partial charge in [-0.2, -0.15) is 0 Å². The lowest BCUT2D eigenvalue weighted by atomic mass is 9.81. The molecule has 182 valence electrons. The molecule has 0 amide bonds. The highest BCUT2D eigenvalue weighted by molar-refractivity contribution is 6.24. The molecule has 0 N–H and O–H groups in total. The highest BCUT2D eigenvalue weighted by Crippen LogP contribution is 2.55. The summed E-state index contributed by atoms with van der Waals surface area (Å²) in [6.45, 7) is 23.0. The van der Waals surface area contributed by atoms with Gasteiger partial charge < -0.3 is 4.40 Å². The van der Waals surface area contributed by atoms with Crippen LogP contribution in [0, 0.1) is 0 Å². The van der Waals surface area contributed by atoms with Crippen LogP contribution in [0.4, 0.5) is 0 Å². The van der Waals surface area contributed by atoms with Crippen molar-refractivity contribution in [3.8, 4) is 0 Å². The van der Waals surface area contributed by atoms with E-state index in [0.29, 0.717) is 0 Å². The van der Waals surface area contributed by atoms with Crippen LogP contribution in [-0.2, 0) is 21.7 Å². The number of hydrogen-bond donors (Lipinski definition) is 0. The van der Waals surface area contributed by atoms with Gasteiger partial charge in [-0.15, -0.1) is 0 Å². The van der Waals surface area contributed by atoms with E-state index in [1.54, 1.807) is 0 Å². The van der Waals surface area contributed by atoms with E-state index in [2.05, 4.69) is 90.4 Å². The van der Waals surface area contributed by atoms with Gasteiger partial charge in [-0.25, -0.2) is 0 Å². The van der Waals surface area contributed by atoms with Crippen molar-refractivity contribution in [1.29, 1.82) is 0 Å². The quantitative estimate of drug-likeness (QED) is 0.229. The number of benzene rings is 1. The molecule has 0 spiro atoms. The molecular formula is C32H39N3. The van der Waals surface area contributed by atoms with Crippen molar-refractivity contribution in [2.24, 2.45) is 0 Å².